The smallest absolute Gasteiger partial charge is 0.332 e. The monoisotopic (exact) mass is 776 g/mol. The number of fused-ring (bicyclic) bond motifs is 1. The Bertz CT molecular complexity index is 2010. The second-order valence-electron chi connectivity index (χ2n) is 14.6. The van der Waals surface area contributed by atoms with Crippen LogP contribution in [0.5, 0.6) is 0 Å². The fourth-order valence-corrected chi connectivity index (χ4v) is 7.31. The predicted molar refractivity (Wildman–Crippen MR) is 224 cm³/mol. The molecule has 0 unspecified atom stereocenters. The van der Waals surface area contributed by atoms with E-state index in [1.54, 1.807) is 0 Å². The van der Waals surface area contributed by atoms with Gasteiger partial charge in [0.2, 0.25) is 5.28 Å². The zero-order valence-corrected chi connectivity index (χ0v) is 33.5. The molecular weight excluding hydrogens is 724 g/mol. The van der Waals surface area contributed by atoms with Crippen LogP contribution in [0.2, 0.25) is 5.28 Å². The summed E-state index contributed by atoms with van der Waals surface area (Å²) >= 11 is 5.60. The number of aromatic nitrogens is 4. The minimum Gasteiger partial charge on any atom is -0.365 e. The van der Waals surface area contributed by atoms with Crippen LogP contribution in [-0.2, 0) is 23.6 Å². The molecule has 56 heavy (non-hydrogen) atoms. The molecule has 0 bridgehead atoms. The Hall–Kier alpha value is -4.84. The molecule has 2 saturated heterocycles. The van der Waals surface area contributed by atoms with Crippen molar-refractivity contribution in [2.75, 3.05) is 40.3 Å². The molecule has 4 heterocycles. The van der Waals surface area contributed by atoms with Crippen molar-refractivity contribution in [2.24, 2.45) is 14.1 Å². The maximum Gasteiger partial charge on any atom is 0.332 e. The first kappa shape index (κ1) is 40.8. The Morgan fingerprint density at radius 2 is 0.911 bits per heavy atom. The summed E-state index contributed by atoms with van der Waals surface area (Å²) in [6.45, 7) is 4.50. The number of imidazole rings is 1. The quantitative estimate of drug-likeness (QED) is 0.161. The number of H-pyrrole nitrogens is 1. The van der Waals surface area contributed by atoms with Crippen molar-refractivity contribution in [3.8, 4) is 0 Å². The highest BCUT2D eigenvalue weighted by molar-refractivity contribution is 6.29. The van der Waals surface area contributed by atoms with Crippen molar-refractivity contribution in [1.29, 1.82) is 0 Å². The first-order valence-corrected chi connectivity index (χ1v) is 19.7. The van der Waals surface area contributed by atoms with Gasteiger partial charge in [0.05, 0.1) is 12.2 Å². The highest BCUT2D eigenvalue weighted by Gasteiger charge is 2.25. The van der Waals surface area contributed by atoms with Crippen LogP contribution >= 0.6 is 11.6 Å². The lowest BCUT2D eigenvalue weighted by atomic mass is 10.00. The number of halogens is 1. The second kappa shape index (κ2) is 19.8. The maximum absolute atomic E-state index is 11.5. The van der Waals surface area contributed by atoms with E-state index in [-0.39, 0.29) is 28.7 Å². The van der Waals surface area contributed by atoms with E-state index >= 15 is 0 Å². The third-order valence-electron chi connectivity index (χ3n) is 10.5. The van der Waals surface area contributed by atoms with Gasteiger partial charge in [0, 0.05) is 40.3 Å². The van der Waals surface area contributed by atoms with Gasteiger partial charge >= 0.3 is 5.69 Å². The van der Waals surface area contributed by atoms with Crippen molar-refractivity contribution in [3.05, 3.63) is 170 Å². The Kier molecular flexibility index (Phi) is 14.5. The van der Waals surface area contributed by atoms with Crippen molar-refractivity contribution >= 4 is 22.8 Å². The summed E-state index contributed by atoms with van der Waals surface area (Å²) in [6, 6.07) is 42.2. The molecule has 0 saturated carbocycles. The van der Waals surface area contributed by atoms with Crippen LogP contribution < -0.4 is 11.2 Å². The van der Waals surface area contributed by atoms with Crippen LogP contribution in [0.25, 0.3) is 11.2 Å². The lowest BCUT2D eigenvalue weighted by Gasteiger charge is -2.32. The van der Waals surface area contributed by atoms with Gasteiger partial charge in [-0.15, -0.1) is 0 Å². The third kappa shape index (κ3) is 10.7. The van der Waals surface area contributed by atoms with Crippen molar-refractivity contribution < 1.29 is 9.47 Å². The van der Waals surface area contributed by atoms with E-state index in [2.05, 4.69) is 155 Å². The van der Waals surface area contributed by atoms with Crippen LogP contribution in [0.4, 0.5) is 0 Å². The van der Waals surface area contributed by atoms with Crippen molar-refractivity contribution in [2.45, 2.75) is 50.1 Å². The number of likely N-dealkylation sites (tertiary alicyclic amines) is 2. The summed E-state index contributed by atoms with van der Waals surface area (Å²) in [5.41, 5.74) is 4.60. The molecule has 0 spiro atoms. The van der Waals surface area contributed by atoms with Crippen LogP contribution in [-0.4, -0.2) is 81.4 Å². The Morgan fingerprint density at radius 3 is 1.25 bits per heavy atom. The first-order valence-electron chi connectivity index (χ1n) is 19.4. The summed E-state index contributed by atoms with van der Waals surface area (Å²) < 4.78 is 15.2. The van der Waals surface area contributed by atoms with Crippen molar-refractivity contribution in [1.82, 2.24) is 28.9 Å². The number of nitrogens with zero attached hydrogens (tertiary/aromatic N) is 5. The number of piperidine rings is 2. The molecule has 1 N–H and O–H groups in total. The van der Waals surface area contributed by atoms with E-state index in [4.69, 9.17) is 21.1 Å². The number of benzene rings is 4. The number of ether oxygens (including phenoxy) is 2. The summed E-state index contributed by atoms with van der Waals surface area (Å²) in [5, 5.41) is 0.0956. The molecule has 6 aromatic rings. The SMILES string of the molecule is CN1CCC(OC(c2ccccc2)c2ccccc2)CC1.CN1CCC(OC(c2ccccc2)c2ccccc2)CC1.Cn1c(=O)c2[nH]c(Cl)nc2n(C)c1=O. The van der Waals surface area contributed by atoms with Crippen LogP contribution in [0.3, 0.4) is 0 Å². The van der Waals surface area contributed by atoms with Crippen LogP contribution in [0.15, 0.2) is 131 Å². The standard InChI is InChI=1S/2C19H23NO.C7H7ClN4O2/c2*1-20-14-12-18(13-15-20)21-19(16-8-4-2-5-9-16)17-10-6-3-7-11-17;1-11-4-3(9-6(8)10-4)5(13)12(2)7(11)14/h2*2-11,18-19H,12-15H2,1H3;1-2H3,(H,9,10). The average Bonchev–Trinajstić information content (AvgIpc) is 3.65. The van der Waals surface area contributed by atoms with Crippen molar-refractivity contribution in [3.63, 3.8) is 0 Å². The molecule has 2 aromatic heterocycles. The number of hydrogen-bond acceptors (Lipinski definition) is 7. The molecule has 0 aliphatic carbocycles. The molecule has 0 radical (unpaired) electrons. The fourth-order valence-electron chi connectivity index (χ4n) is 7.14. The largest absolute Gasteiger partial charge is 0.365 e. The maximum atomic E-state index is 11.5. The second-order valence-corrected chi connectivity index (χ2v) is 15.0. The summed E-state index contributed by atoms with van der Waals surface area (Å²) in [4.78, 5) is 34.2. The molecule has 2 fully saturated rings. The van der Waals surface area contributed by atoms with E-state index in [0.717, 1.165) is 56.4 Å². The molecule has 8 rings (SSSR count). The van der Waals surface area contributed by atoms with E-state index < -0.39 is 11.2 Å². The van der Waals surface area contributed by atoms with Gasteiger partial charge in [-0.3, -0.25) is 13.9 Å². The highest BCUT2D eigenvalue weighted by atomic mass is 35.5. The molecule has 0 amide bonds. The normalized spacial score (nSPS) is 15.7. The molecule has 2 aliphatic heterocycles. The van der Waals surface area contributed by atoms with E-state index in [9.17, 15) is 9.59 Å². The lowest BCUT2D eigenvalue weighted by Crippen LogP contribution is -2.36. The predicted octanol–water partition coefficient (Wildman–Crippen LogP) is 7.39. The van der Waals surface area contributed by atoms with Gasteiger partial charge < -0.3 is 24.3 Å². The fraction of sp³-hybridized carbons (Fsp3) is 0.356. The average molecular weight is 777 g/mol. The van der Waals surface area contributed by atoms with Crippen LogP contribution in [0.1, 0.15) is 60.1 Å². The van der Waals surface area contributed by atoms with Crippen LogP contribution in [0, 0.1) is 0 Å². The zero-order chi connectivity index (χ0) is 39.4. The highest BCUT2D eigenvalue weighted by Crippen LogP contribution is 2.31. The molecule has 294 valence electrons. The zero-order valence-electron chi connectivity index (χ0n) is 32.8. The number of hydrogen-bond donors (Lipinski definition) is 1. The van der Waals surface area contributed by atoms with Gasteiger partial charge in [0.1, 0.15) is 12.2 Å². The topological polar surface area (TPSA) is 97.6 Å². The van der Waals surface area contributed by atoms with E-state index in [1.807, 2.05) is 0 Å². The van der Waals surface area contributed by atoms with Gasteiger partial charge in [0.25, 0.3) is 5.56 Å². The van der Waals surface area contributed by atoms with E-state index in [0.29, 0.717) is 12.2 Å². The summed E-state index contributed by atoms with van der Waals surface area (Å²) in [6.07, 6.45) is 5.26. The Balaban J connectivity index is 0.000000146. The number of rotatable bonds is 8. The summed E-state index contributed by atoms with van der Waals surface area (Å²) in [7, 11) is 7.30. The van der Waals surface area contributed by atoms with Gasteiger partial charge in [-0.1, -0.05) is 121 Å². The minimum atomic E-state index is -0.428. The molecule has 10 nitrogen and oxygen atoms in total. The van der Waals surface area contributed by atoms with Gasteiger partial charge in [-0.25, -0.2) is 4.79 Å². The molecule has 2 aliphatic rings. The Labute approximate surface area is 334 Å². The number of nitrogens with one attached hydrogen (secondary N) is 1. The number of aromatic amines is 1. The lowest BCUT2D eigenvalue weighted by molar-refractivity contribution is -0.0235. The molecular formula is C45H53ClN6O4. The first-order chi connectivity index (χ1) is 27.2. The minimum absolute atomic E-state index is 0.0424. The van der Waals surface area contributed by atoms with E-state index in [1.165, 1.54) is 40.9 Å². The Morgan fingerprint density at radius 1 is 0.571 bits per heavy atom. The molecule has 4 aromatic carbocycles. The van der Waals surface area contributed by atoms with Gasteiger partial charge in [-0.2, -0.15) is 4.98 Å². The van der Waals surface area contributed by atoms with Gasteiger partial charge in [0.15, 0.2) is 11.2 Å². The number of aryl methyl sites for hydroxylation is 1. The molecule has 0 atom stereocenters. The molecule has 11 heteroatoms. The third-order valence-corrected chi connectivity index (χ3v) is 10.6. The van der Waals surface area contributed by atoms with Gasteiger partial charge in [-0.05, 0) is 73.6 Å². The summed E-state index contributed by atoms with van der Waals surface area (Å²) in [5.74, 6) is 0.